The number of hydrogen-bond donors (Lipinski definition) is 1. The van der Waals surface area contributed by atoms with Crippen LogP contribution in [0.4, 0.5) is 0 Å². The highest BCUT2D eigenvalue weighted by atomic mass is 35.5. The van der Waals surface area contributed by atoms with Crippen molar-refractivity contribution >= 4 is 24.8 Å². The number of unbranched alkanes of at least 4 members (excludes halogenated alkanes) is 1. The van der Waals surface area contributed by atoms with Gasteiger partial charge in [0.05, 0.1) is 0 Å². The van der Waals surface area contributed by atoms with Crippen LogP contribution < -0.4 is 10.1 Å². The molecule has 27 heavy (non-hydrogen) atoms. The van der Waals surface area contributed by atoms with E-state index in [0.717, 1.165) is 31.9 Å². The molecule has 1 heterocycles. The monoisotopic (exact) mass is 410 g/mol. The molecule has 0 saturated carbocycles. The van der Waals surface area contributed by atoms with Gasteiger partial charge in [-0.1, -0.05) is 62.2 Å². The Bertz CT molecular complexity index is 616. The van der Waals surface area contributed by atoms with Crippen LogP contribution in [-0.4, -0.2) is 31.1 Å². The van der Waals surface area contributed by atoms with Gasteiger partial charge in [0.2, 0.25) is 0 Å². The second-order valence-electron chi connectivity index (χ2n) is 6.79. The Morgan fingerprint density at radius 1 is 0.963 bits per heavy atom. The number of halogens is 2. The molecule has 3 nitrogen and oxygen atoms in total. The Balaban J connectivity index is 0.00000182. The maximum absolute atomic E-state index is 5.93. The lowest BCUT2D eigenvalue weighted by Gasteiger charge is -2.35. The van der Waals surface area contributed by atoms with Crippen LogP contribution in [0.1, 0.15) is 43.4 Å². The first kappa shape index (κ1) is 23.8. The normalized spacial score (nSPS) is 15.3. The average molecular weight is 411 g/mol. The van der Waals surface area contributed by atoms with Crippen LogP contribution in [0.5, 0.6) is 5.75 Å². The lowest BCUT2D eigenvalue weighted by Crippen LogP contribution is -2.45. The Kier molecular flexibility index (Phi) is 11.5. The number of piperazine rings is 1. The molecule has 1 N–H and O–H groups in total. The van der Waals surface area contributed by atoms with E-state index >= 15 is 0 Å². The zero-order valence-corrected chi connectivity index (χ0v) is 17.7. The van der Waals surface area contributed by atoms with Crippen molar-refractivity contribution in [3.63, 3.8) is 0 Å². The van der Waals surface area contributed by atoms with Gasteiger partial charge in [-0.2, -0.15) is 0 Å². The van der Waals surface area contributed by atoms with Crippen molar-refractivity contribution in [2.75, 3.05) is 26.2 Å². The maximum Gasteiger partial charge on any atom is 0.119 e. The predicted molar refractivity (Wildman–Crippen MR) is 118 cm³/mol. The summed E-state index contributed by atoms with van der Waals surface area (Å²) in [5, 5.41) is 3.46. The van der Waals surface area contributed by atoms with Gasteiger partial charge in [0.1, 0.15) is 12.4 Å². The molecule has 150 valence electrons. The van der Waals surface area contributed by atoms with Crippen molar-refractivity contribution < 1.29 is 4.74 Å². The van der Waals surface area contributed by atoms with Crippen LogP contribution in [0.25, 0.3) is 0 Å². The summed E-state index contributed by atoms with van der Waals surface area (Å²) in [4.78, 5) is 2.63. The van der Waals surface area contributed by atoms with Gasteiger partial charge >= 0.3 is 0 Å². The van der Waals surface area contributed by atoms with E-state index < -0.39 is 0 Å². The molecule has 0 spiro atoms. The van der Waals surface area contributed by atoms with Gasteiger partial charge in [-0.05, 0) is 29.7 Å². The molecule has 1 fully saturated rings. The number of hydrogen-bond acceptors (Lipinski definition) is 3. The first-order chi connectivity index (χ1) is 12.4. The molecule has 1 aliphatic heterocycles. The fraction of sp³-hybridized carbons (Fsp3) is 0.455. The number of benzene rings is 2. The molecule has 0 bridgehead atoms. The molecule has 2 aromatic rings. The molecule has 1 atom stereocenters. The average Bonchev–Trinajstić information content (AvgIpc) is 2.69. The smallest absolute Gasteiger partial charge is 0.119 e. The summed E-state index contributed by atoms with van der Waals surface area (Å²) in [6.07, 6.45) is 3.77. The van der Waals surface area contributed by atoms with Crippen LogP contribution in [0, 0.1) is 0 Å². The van der Waals surface area contributed by atoms with Gasteiger partial charge in [-0.25, -0.2) is 0 Å². The molecular formula is C22H32Cl2N2O. The van der Waals surface area contributed by atoms with E-state index in [0.29, 0.717) is 12.6 Å². The van der Waals surface area contributed by atoms with E-state index in [1.165, 1.54) is 30.4 Å². The van der Waals surface area contributed by atoms with Crippen molar-refractivity contribution in [3.05, 3.63) is 65.7 Å². The van der Waals surface area contributed by atoms with Crippen LogP contribution in [0.3, 0.4) is 0 Å². The van der Waals surface area contributed by atoms with Crippen LogP contribution in [0.2, 0.25) is 0 Å². The minimum Gasteiger partial charge on any atom is -0.489 e. The molecule has 1 aliphatic rings. The fourth-order valence-corrected chi connectivity index (χ4v) is 3.48. The standard InChI is InChI=1S/C22H30N2O.2ClH/c1-2-3-9-22(24-16-14-23-15-17-24)20-10-12-21(13-11-20)25-18-19-7-5-4-6-8-19;;/h4-8,10-13,22-23H,2-3,9,14-18H2,1H3;2*1H/t22-;;/m1../s1. The second kappa shape index (κ2) is 13.0. The molecule has 0 radical (unpaired) electrons. The summed E-state index contributed by atoms with van der Waals surface area (Å²) in [6.45, 7) is 7.37. The van der Waals surface area contributed by atoms with Gasteiger partial charge in [0.15, 0.2) is 0 Å². The molecule has 0 amide bonds. The van der Waals surface area contributed by atoms with E-state index in [2.05, 4.69) is 53.5 Å². The number of nitrogens with zero attached hydrogens (tertiary/aromatic N) is 1. The number of rotatable bonds is 8. The summed E-state index contributed by atoms with van der Waals surface area (Å²) < 4.78 is 5.93. The number of ether oxygens (including phenoxy) is 1. The lowest BCUT2D eigenvalue weighted by molar-refractivity contribution is 0.163. The summed E-state index contributed by atoms with van der Waals surface area (Å²) in [7, 11) is 0. The van der Waals surface area contributed by atoms with Gasteiger partial charge in [0, 0.05) is 32.2 Å². The highest BCUT2D eigenvalue weighted by molar-refractivity contribution is 5.85. The molecule has 0 aromatic heterocycles. The van der Waals surface area contributed by atoms with Gasteiger partial charge in [-0.15, -0.1) is 24.8 Å². The molecule has 3 rings (SSSR count). The van der Waals surface area contributed by atoms with Gasteiger partial charge in [0.25, 0.3) is 0 Å². The third-order valence-corrected chi connectivity index (χ3v) is 4.94. The summed E-state index contributed by atoms with van der Waals surface area (Å²) in [6, 6.07) is 19.6. The predicted octanol–water partition coefficient (Wildman–Crippen LogP) is 5.25. The Labute approximate surface area is 176 Å². The Morgan fingerprint density at radius 3 is 2.26 bits per heavy atom. The molecular weight excluding hydrogens is 379 g/mol. The van der Waals surface area contributed by atoms with Crippen molar-refractivity contribution in [1.29, 1.82) is 0 Å². The topological polar surface area (TPSA) is 24.5 Å². The second-order valence-corrected chi connectivity index (χ2v) is 6.79. The minimum atomic E-state index is 0. The SMILES string of the molecule is CCCC[C@H](c1ccc(OCc2ccccc2)cc1)N1CCNCC1.Cl.Cl. The zero-order chi connectivity index (χ0) is 17.3. The van der Waals surface area contributed by atoms with Crippen molar-refractivity contribution in [1.82, 2.24) is 10.2 Å². The van der Waals surface area contributed by atoms with E-state index in [-0.39, 0.29) is 24.8 Å². The molecule has 1 saturated heterocycles. The molecule has 2 aromatic carbocycles. The number of nitrogens with one attached hydrogen (secondary N) is 1. The third kappa shape index (κ3) is 7.34. The quantitative estimate of drug-likeness (QED) is 0.643. The highest BCUT2D eigenvalue weighted by Crippen LogP contribution is 2.28. The van der Waals surface area contributed by atoms with Gasteiger partial charge < -0.3 is 10.1 Å². The summed E-state index contributed by atoms with van der Waals surface area (Å²) >= 11 is 0. The first-order valence-electron chi connectivity index (χ1n) is 9.58. The Morgan fingerprint density at radius 2 is 1.63 bits per heavy atom. The first-order valence-corrected chi connectivity index (χ1v) is 9.58. The van der Waals surface area contributed by atoms with Crippen molar-refractivity contribution in [2.45, 2.75) is 38.8 Å². The third-order valence-electron chi connectivity index (χ3n) is 4.94. The molecule has 0 unspecified atom stereocenters. The largest absolute Gasteiger partial charge is 0.489 e. The van der Waals surface area contributed by atoms with Crippen LogP contribution >= 0.6 is 24.8 Å². The summed E-state index contributed by atoms with van der Waals surface area (Å²) in [5.74, 6) is 0.946. The van der Waals surface area contributed by atoms with Crippen molar-refractivity contribution in [3.8, 4) is 5.75 Å². The van der Waals surface area contributed by atoms with E-state index in [9.17, 15) is 0 Å². The zero-order valence-electron chi connectivity index (χ0n) is 16.1. The highest BCUT2D eigenvalue weighted by Gasteiger charge is 2.21. The van der Waals surface area contributed by atoms with Crippen LogP contribution in [0.15, 0.2) is 54.6 Å². The Hall–Kier alpha value is -1.26. The van der Waals surface area contributed by atoms with Crippen molar-refractivity contribution in [2.24, 2.45) is 0 Å². The molecule has 5 heteroatoms. The van der Waals surface area contributed by atoms with E-state index in [4.69, 9.17) is 4.74 Å². The van der Waals surface area contributed by atoms with E-state index in [1.54, 1.807) is 0 Å². The summed E-state index contributed by atoms with van der Waals surface area (Å²) in [5.41, 5.74) is 2.62. The molecule has 0 aliphatic carbocycles. The van der Waals surface area contributed by atoms with Crippen LogP contribution in [-0.2, 0) is 6.61 Å². The fourth-order valence-electron chi connectivity index (χ4n) is 3.48. The maximum atomic E-state index is 5.93. The lowest BCUT2D eigenvalue weighted by atomic mass is 9.98. The van der Waals surface area contributed by atoms with E-state index in [1.807, 2.05) is 18.2 Å². The minimum absolute atomic E-state index is 0. The van der Waals surface area contributed by atoms with Gasteiger partial charge in [-0.3, -0.25) is 4.90 Å².